The van der Waals surface area contributed by atoms with Crippen LogP contribution in [0, 0.1) is 11.7 Å². The van der Waals surface area contributed by atoms with Crippen molar-refractivity contribution in [2.75, 3.05) is 26.8 Å². The van der Waals surface area contributed by atoms with Crippen LogP contribution in [0.15, 0.2) is 23.1 Å². The molecule has 2 rings (SSSR count). The Morgan fingerprint density at radius 3 is 2.90 bits per heavy atom. The van der Waals surface area contributed by atoms with Gasteiger partial charge in [-0.1, -0.05) is 6.07 Å². The molecule has 0 saturated carbocycles. The van der Waals surface area contributed by atoms with Crippen LogP contribution < -0.4 is 5.73 Å². The van der Waals surface area contributed by atoms with E-state index < -0.39 is 15.8 Å². The molecule has 0 spiro atoms. The van der Waals surface area contributed by atoms with Gasteiger partial charge in [-0.3, -0.25) is 0 Å². The van der Waals surface area contributed by atoms with Crippen LogP contribution in [-0.4, -0.2) is 39.5 Å². The second-order valence-electron chi connectivity index (χ2n) is 5.28. The van der Waals surface area contributed by atoms with Crippen LogP contribution in [0.4, 0.5) is 4.39 Å². The predicted octanol–water partition coefficient (Wildman–Crippen LogP) is 1.33. The van der Waals surface area contributed by atoms with Gasteiger partial charge in [-0.2, -0.15) is 4.31 Å². The van der Waals surface area contributed by atoms with Gasteiger partial charge in [0.15, 0.2) is 0 Å². The highest BCUT2D eigenvalue weighted by Gasteiger charge is 2.31. The fraction of sp³-hybridized carbons (Fsp3) is 0.571. The van der Waals surface area contributed by atoms with E-state index in [1.807, 2.05) is 0 Å². The Morgan fingerprint density at radius 2 is 2.24 bits per heavy atom. The summed E-state index contributed by atoms with van der Waals surface area (Å²) >= 11 is 0. The second kappa shape index (κ2) is 6.83. The van der Waals surface area contributed by atoms with Crippen molar-refractivity contribution in [2.24, 2.45) is 11.7 Å². The van der Waals surface area contributed by atoms with Crippen LogP contribution in [0.1, 0.15) is 18.4 Å². The Bertz CT molecular complexity index is 590. The Balaban J connectivity index is 2.31. The van der Waals surface area contributed by atoms with E-state index in [1.54, 1.807) is 7.11 Å². The second-order valence-corrected chi connectivity index (χ2v) is 7.19. The molecule has 5 nitrogen and oxygen atoms in total. The van der Waals surface area contributed by atoms with Crippen LogP contribution in [-0.2, 0) is 21.3 Å². The summed E-state index contributed by atoms with van der Waals surface area (Å²) in [6.45, 7) is 1.43. The van der Waals surface area contributed by atoms with E-state index in [4.69, 9.17) is 10.5 Å². The Morgan fingerprint density at radius 1 is 1.48 bits per heavy atom. The van der Waals surface area contributed by atoms with Crippen LogP contribution in [0.5, 0.6) is 0 Å². The minimum atomic E-state index is -3.72. The number of hydrogen-bond acceptors (Lipinski definition) is 4. The molecule has 1 aromatic rings. The lowest BCUT2D eigenvalue weighted by Gasteiger charge is -2.32. The molecule has 118 valence electrons. The summed E-state index contributed by atoms with van der Waals surface area (Å²) in [5.41, 5.74) is 6.01. The monoisotopic (exact) mass is 316 g/mol. The van der Waals surface area contributed by atoms with Crippen molar-refractivity contribution in [2.45, 2.75) is 24.3 Å². The molecule has 1 saturated heterocycles. The van der Waals surface area contributed by atoms with Crippen molar-refractivity contribution >= 4 is 10.0 Å². The summed E-state index contributed by atoms with van der Waals surface area (Å²) in [6.07, 6.45) is 1.72. The molecule has 0 amide bonds. The predicted molar refractivity (Wildman–Crippen MR) is 77.7 cm³/mol. The molecule has 1 aliphatic heterocycles. The normalized spacial score (nSPS) is 20.6. The minimum Gasteiger partial charge on any atom is -0.384 e. The van der Waals surface area contributed by atoms with Gasteiger partial charge in [-0.25, -0.2) is 12.8 Å². The molecule has 1 aliphatic rings. The van der Waals surface area contributed by atoms with E-state index in [0.717, 1.165) is 18.9 Å². The van der Waals surface area contributed by atoms with Gasteiger partial charge in [-0.05, 0) is 36.5 Å². The lowest BCUT2D eigenvalue weighted by atomic mass is 10.0. The lowest BCUT2D eigenvalue weighted by Crippen LogP contribution is -2.41. The summed E-state index contributed by atoms with van der Waals surface area (Å²) in [4.78, 5) is -0.0249. The van der Waals surface area contributed by atoms with Gasteiger partial charge in [0.05, 0.1) is 11.5 Å². The molecule has 21 heavy (non-hydrogen) atoms. The third-order valence-electron chi connectivity index (χ3n) is 3.75. The molecule has 2 N–H and O–H groups in total. The van der Waals surface area contributed by atoms with Crippen molar-refractivity contribution in [1.82, 2.24) is 4.31 Å². The first kappa shape index (κ1) is 16.4. The molecule has 0 aliphatic carbocycles. The number of piperidine rings is 1. The minimum absolute atomic E-state index is 0.0249. The summed E-state index contributed by atoms with van der Waals surface area (Å²) in [6, 6.07) is 3.71. The van der Waals surface area contributed by atoms with E-state index in [-0.39, 0.29) is 17.4 Å². The number of benzene rings is 1. The van der Waals surface area contributed by atoms with E-state index in [9.17, 15) is 12.8 Å². The number of rotatable bonds is 5. The van der Waals surface area contributed by atoms with Gasteiger partial charge in [0.2, 0.25) is 10.0 Å². The lowest BCUT2D eigenvalue weighted by molar-refractivity contribution is 0.118. The number of hydrogen-bond donors (Lipinski definition) is 1. The van der Waals surface area contributed by atoms with Crippen LogP contribution in [0.3, 0.4) is 0 Å². The van der Waals surface area contributed by atoms with Crippen LogP contribution >= 0.6 is 0 Å². The van der Waals surface area contributed by atoms with Gasteiger partial charge >= 0.3 is 0 Å². The Kier molecular flexibility index (Phi) is 5.32. The molecule has 1 aromatic carbocycles. The van der Waals surface area contributed by atoms with Crippen molar-refractivity contribution in [3.05, 3.63) is 29.6 Å². The fourth-order valence-corrected chi connectivity index (χ4v) is 4.49. The molecule has 7 heteroatoms. The first-order valence-electron chi connectivity index (χ1n) is 6.96. The maximum absolute atomic E-state index is 13.4. The number of sulfonamides is 1. The van der Waals surface area contributed by atoms with Crippen LogP contribution in [0.25, 0.3) is 0 Å². The van der Waals surface area contributed by atoms with E-state index in [2.05, 4.69) is 0 Å². The average Bonchev–Trinajstić information content (AvgIpc) is 2.48. The molecule has 1 fully saturated rings. The van der Waals surface area contributed by atoms with Crippen molar-refractivity contribution in [3.63, 3.8) is 0 Å². The van der Waals surface area contributed by atoms with Crippen molar-refractivity contribution in [3.8, 4) is 0 Å². The number of methoxy groups -OCH3 is 1. The highest BCUT2D eigenvalue weighted by Crippen LogP contribution is 2.26. The van der Waals surface area contributed by atoms with Crippen molar-refractivity contribution in [1.29, 1.82) is 0 Å². The fourth-order valence-electron chi connectivity index (χ4n) is 2.69. The largest absolute Gasteiger partial charge is 0.384 e. The summed E-state index contributed by atoms with van der Waals surface area (Å²) in [5, 5.41) is 0. The molecule has 0 aromatic heterocycles. The van der Waals surface area contributed by atoms with Crippen LogP contribution in [0.2, 0.25) is 0 Å². The summed E-state index contributed by atoms with van der Waals surface area (Å²) in [5.74, 6) is -0.398. The third kappa shape index (κ3) is 3.60. The first-order chi connectivity index (χ1) is 9.98. The van der Waals surface area contributed by atoms with Gasteiger partial charge in [0.1, 0.15) is 5.82 Å². The molecular weight excluding hydrogens is 295 g/mol. The van der Waals surface area contributed by atoms with Gasteiger partial charge in [0, 0.05) is 26.7 Å². The smallest absolute Gasteiger partial charge is 0.243 e. The number of halogens is 1. The van der Waals surface area contributed by atoms with Gasteiger partial charge in [0.25, 0.3) is 0 Å². The Labute approximate surface area is 124 Å². The quantitative estimate of drug-likeness (QED) is 0.889. The van der Waals surface area contributed by atoms with E-state index in [0.29, 0.717) is 25.3 Å². The maximum Gasteiger partial charge on any atom is 0.243 e. The Hall–Kier alpha value is -1.02. The zero-order valence-corrected chi connectivity index (χ0v) is 12.9. The highest BCUT2D eigenvalue weighted by molar-refractivity contribution is 7.89. The average molecular weight is 316 g/mol. The third-order valence-corrected chi connectivity index (χ3v) is 5.70. The van der Waals surface area contributed by atoms with Crippen molar-refractivity contribution < 1.29 is 17.5 Å². The molecule has 1 unspecified atom stereocenters. The molecule has 1 atom stereocenters. The zero-order chi connectivity index (χ0) is 15.5. The number of nitrogens with zero attached hydrogens (tertiary/aromatic N) is 1. The standard InChI is InChI=1S/C14H21FN2O3S/c1-20-10-11-3-2-6-17(9-11)21(18,19)14-7-13(15)5-4-12(14)8-16/h4-5,7,11H,2-3,6,8-10,16H2,1H3. The summed E-state index contributed by atoms with van der Waals surface area (Å²) in [7, 11) is -2.12. The molecule has 0 bridgehead atoms. The van der Waals surface area contributed by atoms with Gasteiger partial charge in [-0.15, -0.1) is 0 Å². The summed E-state index contributed by atoms with van der Waals surface area (Å²) < 4.78 is 45.4. The zero-order valence-electron chi connectivity index (χ0n) is 12.1. The number of ether oxygens (including phenoxy) is 1. The van der Waals surface area contributed by atoms with Gasteiger partial charge < -0.3 is 10.5 Å². The van der Waals surface area contributed by atoms with E-state index >= 15 is 0 Å². The molecule has 1 heterocycles. The number of nitrogens with two attached hydrogens (primary N) is 1. The SMILES string of the molecule is COCC1CCCN(S(=O)(=O)c2cc(F)ccc2CN)C1. The first-order valence-corrected chi connectivity index (χ1v) is 8.40. The molecular formula is C14H21FN2O3S. The molecule has 0 radical (unpaired) electrons. The highest BCUT2D eigenvalue weighted by atomic mass is 32.2. The topological polar surface area (TPSA) is 72.6 Å². The maximum atomic E-state index is 13.4. The van der Waals surface area contributed by atoms with E-state index in [1.165, 1.54) is 16.4 Å².